The Morgan fingerprint density at radius 1 is 1.45 bits per heavy atom. The summed E-state index contributed by atoms with van der Waals surface area (Å²) in [4.78, 5) is 0. The first kappa shape index (κ1) is 9.01. The molecule has 1 rings (SSSR count). The molecule has 1 fully saturated rings. The number of rotatable bonds is 2. The van der Waals surface area contributed by atoms with Gasteiger partial charge in [0.1, 0.15) is 0 Å². The van der Waals surface area contributed by atoms with Crippen molar-refractivity contribution in [2.45, 2.75) is 26.6 Å². The van der Waals surface area contributed by atoms with E-state index in [9.17, 15) is 0 Å². The van der Waals surface area contributed by atoms with Crippen LogP contribution >= 0.6 is 0 Å². The lowest BCUT2D eigenvalue weighted by molar-refractivity contribution is -0.196. The van der Waals surface area contributed by atoms with Gasteiger partial charge in [0.25, 0.3) is 0 Å². The molecule has 0 aliphatic carbocycles. The van der Waals surface area contributed by atoms with E-state index in [-0.39, 0.29) is 12.2 Å². The average Bonchev–Trinajstić information content (AvgIpc) is 2.05. The highest BCUT2D eigenvalue weighted by Gasteiger charge is 2.22. The lowest BCUT2D eigenvalue weighted by Crippen LogP contribution is -2.33. The van der Waals surface area contributed by atoms with Crippen molar-refractivity contribution in [1.82, 2.24) is 0 Å². The summed E-state index contributed by atoms with van der Waals surface area (Å²) in [5, 5.41) is 0. The Bertz CT molecular complexity index is 106. The second-order valence-electron chi connectivity index (χ2n) is 3.07. The van der Waals surface area contributed by atoms with Crippen LogP contribution in [0.4, 0.5) is 0 Å². The monoisotopic (exact) mass is 156 g/mol. The summed E-state index contributed by atoms with van der Waals surface area (Å²) in [5.41, 5.74) is 0. The van der Waals surface area contributed by atoms with Crippen molar-refractivity contribution in [1.29, 1.82) is 0 Å². The summed E-state index contributed by atoms with van der Waals surface area (Å²) in [5.74, 6) is 0.610. The van der Waals surface area contributed by atoms with E-state index in [2.05, 4.69) is 6.92 Å². The van der Waals surface area contributed by atoms with Gasteiger partial charge >= 0.3 is 0 Å². The molecule has 0 spiro atoms. The zero-order chi connectivity index (χ0) is 8.27. The molecule has 0 aromatic heterocycles. The Morgan fingerprint density at radius 3 is 2.45 bits per heavy atom. The molecular weight excluding hydrogens is 140 g/mol. The molecule has 2 heteroatoms. The lowest BCUT2D eigenvalue weighted by Gasteiger charge is -2.30. The quantitative estimate of drug-likeness (QED) is 0.606. The van der Waals surface area contributed by atoms with Crippen molar-refractivity contribution >= 4 is 0 Å². The third-order valence-electron chi connectivity index (χ3n) is 2.17. The van der Waals surface area contributed by atoms with Crippen molar-refractivity contribution in [2.75, 3.05) is 13.2 Å². The van der Waals surface area contributed by atoms with Crippen molar-refractivity contribution < 1.29 is 9.47 Å². The second-order valence-corrected chi connectivity index (χ2v) is 3.07. The van der Waals surface area contributed by atoms with Crippen LogP contribution < -0.4 is 0 Å². The second kappa shape index (κ2) is 4.07. The Kier molecular flexibility index (Phi) is 3.34. The van der Waals surface area contributed by atoms with Crippen LogP contribution in [0.15, 0.2) is 0 Å². The summed E-state index contributed by atoms with van der Waals surface area (Å²) in [6.45, 7) is 11.3. The molecule has 1 aliphatic rings. The topological polar surface area (TPSA) is 18.5 Å². The highest BCUT2D eigenvalue weighted by molar-refractivity contribution is 4.72. The van der Waals surface area contributed by atoms with Gasteiger partial charge in [-0.3, -0.25) is 0 Å². The van der Waals surface area contributed by atoms with Crippen LogP contribution in [-0.4, -0.2) is 19.5 Å². The molecular formula is C9H16O2. The Balaban J connectivity index is 2.27. The Hall–Kier alpha value is -0.0800. The number of hydrogen-bond acceptors (Lipinski definition) is 2. The van der Waals surface area contributed by atoms with Crippen LogP contribution in [0.5, 0.6) is 0 Å². The molecule has 0 saturated carbocycles. The van der Waals surface area contributed by atoms with Gasteiger partial charge in [0, 0.05) is 5.92 Å². The average molecular weight is 156 g/mol. The smallest absolute Gasteiger partial charge is 0.154 e. The summed E-state index contributed by atoms with van der Waals surface area (Å²) in [6.07, 6.45) is 0.946. The minimum atomic E-state index is -0.0460. The molecule has 2 nitrogen and oxygen atoms in total. The van der Waals surface area contributed by atoms with Gasteiger partial charge in [0.05, 0.1) is 13.2 Å². The van der Waals surface area contributed by atoms with E-state index in [0.717, 1.165) is 19.6 Å². The molecule has 64 valence electrons. The molecule has 0 N–H and O–H groups in total. The maximum atomic E-state index is 5.83. The molecule has 0 aromatic rings. The molecule has 1 saturated heterocycles. The highest BCUT2D eigenvalue weighted by Crippen LogP contribution is 2.20. The number of hydrogen-bond donors (Lipinski definition) is 0. The molecule has 11 heavy (non-hydrogen) atoms. The van der Waals surface area contributed by atoms with Crippen molar-refractivity contribution in [3.63, 3.8) is 0 Å². The predicted octanol–water partition coefficient (Wildman–Crippen LogP) is 1.73. The Morgan fingerprint density at radius 2 is 2.00 bits per heavy atom. The molecule has 1 aliphatic heterocycles. The maximum Gasteiger partial charge on any atom is 0.154 e. The third-order valence-corrected chi connectivity index (χ3v) is 2.17. The van der Waals surface area contributed by atoms with Gasteiger partial charge in [0.2, 0.25) is 0 Å². The molecule has 0 bridgehead atoms. The van der Waals surface area contributed by atoms with Crippen molar-refractivity contribution in [3.8, 4) is 0 Å². The minimum Gasteiger partial charge on any atom is -0.353 e. The maximum absolute atomic E-state index is 5.83. The largest absolute Gasteiger partial charge is 0.353 e. The first-order valence-corrected chi connectivity index (χ1v) is 4.22. The van der Waals surface area contributed by atoms with Crippen LogP contribution in [0.25, 0.3) is 0 Å². The molecule has 0 amide bonds. The van der Waals surface area contributed by atoms with E-state index in [4.69, 9.17) is 16.4 Å². The SMILES string of the molecule is [CH]C(CC)C1COC(C)OC1. The van der Waals surface area contributed by atoms with Gasteiger partial charge in [-0.1, -0.05) is 13.3 Å². The normalized spacial score (nSPS) is 35.2. The molecule has 1 unspecified atom stereocenters. The van der Waals surface area contributed by atoms with E-state index < -0.39 is 0 Å². The van der Waals surface area contributed by atoms with Gasteiger partial charge in [0.15, 0.2) is 6.29 Å². The van der Waals surface area contributed by atoms with Gasteiger partial charge in [-0.05, 0) is 19.8 Å². The van der Waals surface area contributed by atoms with Gasteiger partial charge in [-0.15, -0.1) is 0 Å². The fourth-order valence-electron chi connectivity index (χ4n) is 1.19. The fourth-order valence-corrected chi connectivity index (χ4v) is 1.19. The first-order valence-electron chi connectivity index (χ1n) is 4.22. The van der Waals surface area contributed by atoms with Crippen LogP contribution in [0.1, 0.15) is 20.3 Å². The molecule has 0 aromatic carbocycles. The van der Waals surface area contributed by atoms with Crippen molar-refractivity contribution in [3.05, 3.63) is 6.92 Å². The summed E-state index contributed by atoms with van der Waals surface area (Å²) < 4.78 is 10.6. The van der Waals surface area contributed by atoms with Crippen LogP contribution in [-0.2, 0) is 9.47 Å². The van der Waals surface area contributed by atoms with Gasteiger partial charge < -0.3 is 9.47 Å². The zero-order valence-electron chi connectivity index (χ0n) is 7.25. The van der Waals surface area contributed by atoms with Gasteiger partial charge in [-0.25, -0.2) is 0 Å². The predicted molar refractivity (Wildman–Crippen MR) is 42.9 cm³/mol. The van der Waals surface area contributed by atoms with Crippen LogP contribution in [0.3, 0.4) is 0 Å². The highest BCUT2D eigenvalue weighted by atomic mass is 16.7. The van der Waals surface area contributed by atoms with E-state index in [1.807, 2.05) is 6.92 Å². The van der Waals surface area contributed by atoms with E-state index in [0.29, 0.717) is 5.92 Å². The Labute approximate surface area is 68.9 Å². The van der Waals surface area contributed by atoms with Gasteiger partial charge in [-0.2, -0.15) is 0 Å². The molecule has 2 radical (unpaired) electrons. The lowest BCUT2D eigenvalue weighted by atomic mass is 9.93. The zero-order valence-corrected chi connectivity index (χ0v) is 7.25. The molecule has 1 heterocycles. The summed E-state index contributed by atoms with van der Waals surface area (Å²) >= 11 is 0. The summed E-state index contributed by atoms with van der Waals surface area (Å²) in [6, 6.07) is 0. The minimum absolute atomic E-state index is 0.0460. The van der Waals surface area contributed by atoms with Crippen LogP contribution in [0, 0.1) is 18.8 Å². The number of ether oxygens (including phenoxy) is 2. The van der Waals surface area contributed by atoms with Crippen molar-refractivity contribution in [2.24, 2.45) is 11.8 Å². The van der Waals surface area contributed by atoms with E-state index in [1.54, 1.807) is 0 Å². The van der Waals surface area contributed by atoms with Crippen LogP contribution in [0.2, 0.25) is 0 Å². The first-order chi connectivity index (χ1) is 5.24. The van der Waals surface area contributed by atoms with E-state index >= 15 is 0 Å². The standard InChI is InChI=1S/C9H16O2/c1-4-7(2)9-5-10-8(3)11-6-9/h2,7-9H,4-6H2,1,3H3. The molecule has 1 atom stereocenters. The summed E-state index contributed by atoms with van der Waals surface area (Å²) in [7, 11) is 0. The fraction of sp³-hybridized carbons (Fsp3) is 0.889. The van der Waals surface area contributed by atoms with E-state index in [1.165, 1.54) is 0 Å². The third kappa shape index (κ3) is 2.46.